The van der Waals surface area contributed by atoms with Gasteiger partial charge in [0.25, 0.3) is 0 Å². The molecule has 24 N–H and O–H groups in total. The van der Waals surface area contributed by atoms with Gasteiger partial charge >= 0.3 is 446 Å². The molecule has 0 aromatic rings. The van der Waals surface area contributed by atoms with E-state index in [-0.39, 0.29) is 355 Å². The average molecular weight is 1890 g/mol. The van der Waals surface area contributed by atoms with Crippen molar-refractivity contribution in [3.05, 3.63) is 0 Å². The number of hydrogen-bond acceptors (Lipinski definition) is 42. The Balaban J connectivity index is -0.0000000359. The van der Waals surface area contributed by atoms with Crippen LogP contribution in [0.1, 0.15) is 77.0 Å². The van der Waals surface area contributed by atoms with Gasteiger partial charge in [0.05, 0.1) is 74.3 Å². The van der Waals surface area contributed by atoms with Gasteiger partial charge in [-0.3, -0.25) is 55.5 Å². The minimum absolute atomic E-state index is 0. The van der Waals surface area contributed by atoms with E-state index in [0.717, 1.165) is 0 Å². The smallest absolute Gasteiger partial charge is 0.550 e. The van der Waals surface area contributed by atoms with Crippen LogP contribution >= 0.6 is 0 Å². The van der Waals surface area contributed by atoms with E-state index in [0.29, 0.717) is 0 Å². The average Bonchev–Trinajstić information content (AvgIpc) is 0.908. The van der Waals surface area contributed by atoms with Crippen LogP contribution in [-0.4, -0.2) is 315 Å². The Labute approximate surface area is 906 Å². The zero-order valence-corrected chi connectivity index (χ0v) is 90.9. The molecule has 0 spiro atoms. The van der Waals surface area contributed by atoms with Crippen molar-refractivity contribution in [3.8, 4) is 0 Å². The molecule has 0 rings (SSSR count). The van der Waals surface area contributed by atoms with E-state index in [2.05, 4.69) is 0 Å². The van der Waals surface area contributed by atoms with E-state index >= 15 is 0 Å². The summed E-state index contributed by atoms with van der Waals surface area (Å²) in [6, 6.07) is 0. The maximum Gasteiger partial charge on any atom is 1.00 e. The van der Waals surface area contributed by atoms with Crippen LogP contribution in [0.15, 0.2) is 0 Å². The van der Waals surface area contributed by atoms with Crippen molar-refractivity contribution in [2.75, 3.05) is 0 Å². The van der Waals surface area contributed by atoms with Crippen molar-refractivity contribution >= 4 is 162 Å². The molecule has 0 unspecified atom stereocenters. The summed E-state index contributed by atoms with van der Waals surface area (Å²) >= 11 is 0. The number of aliphatic hydroxyl groups is 6. The molecule has 0 atom stereocenters. The second-order valence-electron chi connectivity index (χ2n) is 16.3. The molecule has 0 amide bonds. The first-order valence-corrected chi connectivity index (χ1v) is 30.5. The van der Waals surface area contributed by atoms with Gasteiger partial charge in [-0.15, -0.1) is 0 Å². The first-order chi connectivity index (χ1) is 45.1. The third-order valence-electron chi connectivity index (χ3n) is 7.56. The summed E-state index contributed by atoms with van der Waals surface area (Å²) in [6.45, 7) is 0. The molecule has 0 saturated carbocycles. The predicted octanol–water partition coefficient (Wildman–Crippen LogP) is -69.1. The Kier molecular flexibility index (Phi) is 155. The van der Waals surface area contributed by atoms with E-state index in [1.807, 2.05) is 0 Å². The van der Waals surface area contributed by atoms with Crippen LogP contribution in [-0.2, 0) is 113 Å². The fourth-order valence-electron chi connectivity index (χ4n) is 4.17. The summed E-state index contributed by atoms with van der Waals surface area (Å²) in [6.07, 6.45) is -15.4. The zero-order valence-electron chi connectivity index (χ0n) is 60.9. The molecule has 0 bridgehead atoms. The maximum atomic E-state index is 10.2. The molecule has 0 radical (unpaired) electrons. The quantitative estimate of drug-likeness (QED) is 0.0297. The minimum atomic E-state index is -3.13. The van der Waals surface area contributed by atoms with Gasteiger partial charge in [-0.25, -0.2) is 0 Å². The number of hydrogen-bond donors (Lipinski definition) is 24. The molecule has 60 nitrogen and oxygen atoms in total. The molecule has 0 fully saturated rings. The van der Waals surface area contributed by atoms with Gasteiger partial charge in [-0.2, -0.15) is 0 Å². The molecule has 0 aliphatic rings. The molecule has 0 aromatic carbocycles. The molecule has 114 heavy (non-hydrogen) atoms. The van der Waals surface area contributed by atoms with Gasteiger partial charge in [-0.1, -0.05) is 0 Å². The Bertz CT molecular complexity index is 2370. The summed E-state index contributed by atoms with van der Waals surface area (Å²) in [4.78, 5) is 267. The Hall–Kier alpha value is -0.0787. The summed E-state index contributed by atoms with van der Waals surface area (Å²) in [5.41, 5.74) is -17.5. The number of carbonyl (C=O) groups excluding carboxylic acids is 12. The molecular weight excluding hydrogens is 1840 g/mol. The minimum Gasteiger partial charge on any atom is -0.550 e. The topological polar surface area (TPSA) is 1170 Å². The maximum absolute atomic E-state index is 10.2. The van der Waals surface area contributed by atoms with Crippen LogP contribution in [0.2, 0.25) is 0 Å². The van der Waals surface area contributed by atoms with Crippen molar-refractivity contribution in [3.63, 3.8) is 0 Å². The molecule has 78 heteroatoms. The van der Waals surface area contributed by atoms with E-state index < -0.39 is 273 Å². The van der Waals surface area contributed by atoms with Crippen LogP contribution in [0.4, 0.5) is 0 Å². The molecule has 0 aliphatic carbocycles. The first-order valence-electron chi connectivity index (χ1n) is 22.7. The SMILES string of the molecule is O=C(O)CC(O)(CC(=O)O)C(=O)[O-].O=C(O)CC(O)(CC(=O)O)C(=O)[O-].O=C(O)CC(O)(CC(=O)O)C(=O)[O-].O=C([O-])CC(O)(CC(=O)[O-])C(=O)[O-].O=C([O-])CC(O)(CC(=O)[O-])C(=O)[O-].O=C([O-])CC(O)(CC(=O)[O-])C(=O)[O-].O=[Si](O)O.O=[Si](O)O.O=[Si](O)O.O=[Si](O)O.O=[Si](O)O.O=[Si](O)O.[Na+].[Na+].[Na+].[Na+].[Na+].[Na+].[Na+].[Na+].[Na+].[Na+].[Na+].[Na+]. The number of aliphatic carboxylic acids is 18. The Morgan fingerprint density at radius 2 is 0.228 bits per heavy atom. The summed E-state index contributed by atoms with van der Waals surface area (Å²) in [5.74, 6) is -34.0. The third-order valence-corrected chi connectivity index (χ3v) is 7.56. The Morgan fingerprint density at radius 3 is 0.263 bits per heavy atom. The van der Waals surface area contributed by atoms with Crippen molar-refractivity contribution in [2.45, 2.75) is 111 Å². The molecule has 0 aromatic heterocycles. The standard InChI is InChI=1S/6C6H8O7.12Na.6H2O3Si/c6*7-3(8)1-6(13,5(11)12)2-4(9)10;;;;;;;;;;;;;6*1-4(2)3/h6*13H,1-2H2,(H,7,8)(H,9,10)(H,11,12);;;;;;;;;;;;;6*1-2H/q;;;;;;12*+1;;;;;;/p-12. The Morgan fingerprint density at radius 1 is 0.175 bits per heavy atom. The van der Waals surface area contributed by atoms with Gasteiger partial charge in [0.15, 0.2) is 0 Å². The van der Waals surface area contributed by atoms with E-state index in [4.69, 9.17) is 146 Å². The van der Waals surface area contributed by atoms with Crippen molar-refractivity contribution in [1.82, 2.24) is 0 Å². The fraction of sp³-hybridized carbons (Fsp3) is 0.500. The molecular formula is C36H48Na12O60Si6. The van der Waals surface area contributed by atoms with E-state index in [9.17, 15) is 148 Å². The fourth-order valence-corrected chi connectivity index (χ4v) is 4.17. The van der Waals surface area contributed by atoms with Gasteiger partial charge in [0.2, 0.25) is 0 Å². The summed E-state index contributed by atoms with van der Waals surface area (Å²) in [7, 11) is -18.8. The molecule has 588 valence electrons. The van der Waals surface area contributed by atoms with Crippen molar-refractivity contribution in [2.24, 2.45) is 0 Å². The number of carboxylic acid groups (broad SMARTS) is 18. The van der Waals surface area contributed by atoms with E-state index in [1.165, 1.54) is 0 Å². The van der Waals surface area contributed by atoms with Crippen molar-refractivity contribution < 1.29 is 648 Å². The van der Waals surface area contributed by atoms with Gasteiger partial charge in [0, 0.05) is 74.3 Å². The van der Waals surface area contributed by atoms with Crippen LogP contribution in [0.3, 0.4) is 0 Å². The number of carboxylic acids is 18. The summed E-state index contributed by atoms with van der Waals surface area (Å²) < 4.78 is 52.4. The predicted molar refractivity (Wildman–Crippen MR) is 256 cm³/mol. The zero-order chi connectivity index (χ0) is 85.3. The van der Waals surface area contributed by atoms with Crippen LogP contribution in [0.5, 0.6) is 0 Å². The monoisotopic (exact) mass is 1880 g/mol. The van der Waals surface area contributed by atoms with E-state index in [1.54, 1.807) is 0 Å². The molecule has 0 aliphatic heterocycles. The van der Waals surface area contributed by atoms with Crippen LogP contribution < -0.4 is 416 Å². The third kappa shape index (κ3) is 150. The second kappa shape index (κ2) is 98.4. The van der Waals surface area contributed by atoms with Crippen LogP contribution in [0.25, 0.3) is 0 Å². The first kappa shape index (κ1) is 180. The normalized spacial score (nSPS) is 8.68. The van der Waals surface area contributed by atoms with Crippen molar-refractivity contribution in [1.29, 1.82) is 0 Å². The molecule has 0 saturated heterocycles. The van der Waals surface area contributed by atoms with Gasteiger partial charge in [-0.05, 0) is 0 Å². The second-order valence-corrected chi connectivity index (χ2v) is 19.7. The van der Waals surface area contributed by atoms with Crippen LogP contribution in [0, 0.1) is 0 Å². The van der Waals surface area contributed by atoms with Gasteiger partial charge < -0.3 is 238 Å². The number of rotatable bonds is 30. The largest absolute Gasteiger partial charge is 1.00 e. The molecule has 0 heterocycles. The number of carbonyl (C=O) groups is 18. The summed E-state index contributed by atoms with van der Waals surface area (Å²) in [5, 5.41) is 223. The van der Waals surface area contributed by atoms with Gasteiger partial charge in [0.1, 0.15) is 33.6 Å².